The van der Waals surface area contributed by atoms with Crippen molar-refractivity contribution in [1.29, 1.82) is 0 Å². The minimum absolute atomic E-state index is 0.278. The average molecular weight is 296 g/mol. The van der Waals surface area contributed by atoms with E-state index >= 15 is 0 Å². The molecule has 0 amide bonds. The van der Waals surface area contributed by atoms with Crippen LogP contribution < -0.4 is 0 Å². The Labute approximate surface area is 125 Å². The normalized spacial score (nSPS) is 22.8. The second-order valence-corrected chi connectivity index (χ2v) is 5.97. The molecule has 0 spiro atoms. The lowest BCUT2D eigenvalue weighted by atomic mass is 9.79. The monoisotopic (exact) mass is 296 g/mol. The van der Waals surface area contributed by atoms with Gasteiger partial charge in [0, 0.05) is 0 Å². The molecule has 1 aliphatic carbocycles. The first-order valence-corrected chi connectivity index (χ1v) is 7.85. The first-order chi connectivity index (χ1) is 10.2. The fraction of sp³-hybridized carbons (Fsp3) is 0.556. The molecule has 0 heterocycles. The van der Waals surface area contributed by atoms with Gasteiger partial charge in [-0.15, -0.1) is 0 Å². The second-order valence-electron chi connectivity index (χ2n) is 5.97. The van der Waals surface area contributed by atoms with Crippen LogP contribution in [0.25, 0.3) is 0 Å². The summed E-state index contributed by atoms with van der Waals surface area (Å²) in [7, 11) is 0. The van der Waals surface area contributed by atoms with Gasteiger partial charge in [-0.25, -0.2) is 8.78 Å². The van der Waals surface area contributed by atoms with E-state index in [9.17, 15) is 13.2 Å². The highest BCUT2D eigenvalue weighted by molar-refractivity contribution is 5.17. The molecule has 1 aromatic carbocycles. The lowest BCUT2D eigenvalue weighted by molar-refractivity contribution is 0.295. The fourth-order valence-corrected chi connectivity index (χ4v) is 3.09. The van der Waals surface area contributed by atoms with E-state index in [-0.39, 0.29) is 6.67 Å². The zero-order valence-electron chi connectivity index (χ0n) is 12.3. The van der Waals surface area contributed by atoms with Crippen LogP contribution in [-0.2, 0) is 6.42 Å². The van der Waals surface area contributed by atoms with Crippen LogP contribution in [0.3, 0.4) is 0 Å². The van der Waals surface area contributed by atoms with Crippen molar-refractivity contribution in [2.45, 2.75) is 44.9 Å². The summed E-state index contributed by atoms with van der Waals surface area (Å²) in [6.45, 7) is -0.278. The van der Waals surface area contributed by atoms with Crippen LogP contribution in [-0.4, -0.2) is 6.67 Å². The molecular weight excluding hydrogens is 273 g/mol. The number of halogens is 3. The number of hydrogen-bond donors (Lipinski definition) is 0. The van der Waals surface area contributed by atoms with Gasteiger partial charge < -0.3 is 0 Å². The quantitative estimate of drug-likeness (QED) is 0.598. The predicted molar refractivity (Wildman–Crippen MR) is 79.9 cm³/mol. The molecule has 1 fully saturated rings. The second kappa shape index (κ2) is 8.26. The summed E-state index contributed by atoms with van der Waals surface area (Å²) in [5.41, 5.74) is 0.874. The van der Waals surface area contributed by atoms with Gasteiger partial charge >= 0.3 is 0 Å². The molecule has 0 aromatic heterocycles. The Balaban J connectivity index is 1.72. The van der Waals surface area contributed by atoms with E-state index in [4.69, 9.17) is 0 Å². The summed E-state index contributed by atoms with van der Waals surface area (Å²) >= 11 is 0. The fourth-order valence-electron chi connectivity index (χ4n) is 3.09. The SMILES string of the molecule is FCCC=C[C@H]1CC[C@H](CCc2ccc(F)c(F)c2)CC1. The molecule has 3 heteroatoms. The zero-order valence-corrected chi connectivity index (χ0v) is 12.3. The van der Waals surface area contributed by atoms with Crippen LogP contribution in [0.4, 0.5) is 13.2 Å². The van der Waals surface area contributed by atoms with Crippen molar-refractivity contribution >= 4 is 0 Å². The van der Waals surface area contributed by atoms with Gasteiger partial charge in [-0.2, -0.15) is 0 Å². The van der Waals surface area contributed by atoms with Gasteiger partial charge in [0.25, 0.3) is 0 Å². The van der Waals surface area contributed by atoms with Crippen LogP contribution in [0, 0.1) is 23.5 Å². The Bertz CT molecular complexity index is 460. The predicted octanol–water partition coefficient (Wildman–Crippen LogP) is 5.62. The van der Waals surface area contributed by atoms with Crippen molar-refractivity contribution in [3.05, 3.63) is 47.5 Å². The number of hydrogen-bond acceptors (Lipinski definition) is 0. The van der Waals surface area contributed by atoms with Crippen molar-refractivity contribution in [3.63, 3.8) is 0 Å². The van der Waals surface area contributed by atoms with Gasteiger partial charge in [-0.1, -0.05) is 18.2 Å². The standard InChI is InChI=1S/C18H23F3/c19-12-2-1-3-14-4-6-15(7-5-14)8-9-16-10-11-17(20)18(21)13-16/h1,3,10-11,13-15H,2,4-9,12H2/t14-,15-. The van der Waals surface area contributed by atoms with Gasteiger partial charge in [0.05, 0.1) is 6.67 Å². The maximum atomic E-state index is 13.1. The molecule has 1 aromatic rings. The zero-order chi connectivity index (χ0) is 15.1. The van der Waals surface area contributed by atoms with Crippen molar-refractivity contribution in [1.82, 2.24) is 0 Å². The average Bonchev–Trinajstić information content (AvgIpc) is 2.50. The highest BCUT2D eigenvalue weighted by atomic mass is 19.2. The maximum Gasteiger partial charge on any atom is 0.159 e. The molecule has 0 atom stereocenters. The van der Waals surface area contributed by atoms with Gasteiger partial charge in [-0.3, -0.25) is 4.39 Å². The molecule has 0 radical (unpaired) electrons. The molecule has 0 bridgehead atoms. The first kappa shape index (κ1) is 16.1. The molecule has 1 saturated carbocycles. The minimum Gasteiger partial charge on any atom is -0.251 e. The van der Waals surface area contributed by atoms with Gasteiger partial charge in [0.2, 0.25) is 0 Å². The van der Waals surface area contributed by atoms with Crippen molar-refractivity contribution in [2.24, 2.45) is 11.8 Å². The Hall–Kier alpha value is -1.25. The first-order valence-electron chi connectivity index (χ1n) is 7.85. The van der Waals surface area contributed by atoms with E-state index < -0.39 is 11.6 Å². The number of alkyl halides is 1. The lowest BCUT2D eigenvalue weighted by Crippen LogP contribution is -2.13. The minimum atomic E-state index is -0.778. The summed E-state index contributed by atoms with van der Waals surface area (Å²) in [6.07, 6.45) is 11.1. The third-order valence-corrected chi connectivity index (χ3v) is 4.40. The smallest absolute Gasteiger partial charge is 0.159 e. The number of rotatable bonds is 6. The molecule has 0 saturated heterocycles. The van der Waals surface area contributed by atoms with Crippen LogP contribution in [0.15, 0.2) is 30.4 Å². The number of aryl methyl sites for hydroxylation is 1. The third-order valence-electron chi connectivity index (χ3n) is 4.40. The molecule has 0 unspecified atom stereocenters. The van der Waals surface area contributed by atoms with Crippen molar-refractivity contribution in [3.8, 4) is 0 Å². The van der Waals surface area contributed by atoms with Gasteiger partial charge in [-0.05, 0) is 74.5 Å². The number of benzene rings is 1. The Kier molecular flexibility index (Phi) is 6.34. The van der Waals surface area contributed by atoms with Crippen molar-refractivity contribution in [2.75, 3.05) is 6.67 Å². The maximum absolute atomic E-state index is 13.1. The molecule has 0 N–H and O–H groups in total. The summed E-state index contributed by atoms with van der Waals surface area (Å²) in [5.74, 6) is -0.270. The van der Waals surface area contributed by atoms with Gasteiger partial charge in [0.15, 0.2) is 11.6 Å². The third kappa shape index (κ3) is 5.22. The van der Waals surface area contributed by atoms with Crippen LogP contribution in [0.2, 0.25) is 0 Å². The summed E-state index contributed by atoms with van der Waals surface area (Å²) in [6, 6.07) is 4.18. The Morgan fingerprint density at radius 3 is 2.48 bits per heavy atom. The van der Waals surface area contributed by atoms with Crippen molar-refractivity contribution < 1.29 is 13.2 Å². The Morgan fingerprint density at radius 1 is 1.05 bits per heavy atom. The molecular formula is C18H23F3. The van der Waals surface area contributed by atoms with E-state index in [1.165, 1.54) is 25.0 Å². The lowest BCUT2D eigenvalue weighted by Gasteiger charge is -2.26. The molecule has 0 nitrogen and oxygen atoms in total. The van der Waals surface area contributed by atoms with Crippen LogP contribution in [0.5, 0.6) is 0 Å². The van der Waals surface area contributed by atoms with E-state index in [2.05, 4.69) is 6.08 Å². The van der Waals surface area contributed by atoms with E-state index in [0.717, 1.165) is 31.2 Å². The highest BCUT2D eigenvalue weighted by Gasteiger charge is 2.19. The molecule has 0 aliphatic heterocycles. The molecule has 21 heavy (non-hydrogen) atoms. The molecule has 116 valence electrons. The summed E-state index contributed by atoms with van der Waals surface area (Å²) in [5, 5.41) is 0. The molecule has 2 rings (SSSR count). The van der Waals surface area contributed by atoms with Gasteiger partial charge in [0.1, 0.15) is 0 Å². The largest absolute Gasteiger partial charge is 0.251 e. The van der Waals surface area contributed by atoms with E-state index in [1.54, 1.807) is 6.07 Å². The molecule has 1 aliphatic rings. The summed E-state index contributed by atoms with van der Waals surface area (Å²) < 4.78 is 38.0. The highest BCUT2D eigenvalue weighted by Crippen LogP contribution is 2.32. The van der Waals surface area contributed by atoms with Crippen LogP contribution >= 0.6 is 0 Å². The number of allylic oxidation sites excluding steroid dienone is 2. The van der Waals surface area contributed by atoms with Crippen LogP contribution in [0.1, 0.15) is 44.1 Å². The Morgan fingerprint density at radius 2 is 1.81 bits per heavy atom. The van der Waals surface area contributed by atoms with E-state index in [0.29, 0.717) is 18.3 Å². The summed E-state index contributed by atoms with van der Waals surface area (Å²) in [4.78, 5) is 0. The van der Waals surface area contributed by atoms with E-state index in [1.807, 2.05) is 6.08 Å². The topological polar surface area (TPSA) is 0 Å².